The molecule has 140 valence electrons. The van der Waals surface area contributed by atoms with Crippen LogP contribution in [0, 0.1) is 0 Å². The highest BCUT2D eigenvalue weighted by molar-refractivity contribution is 6.21. The number of nitrogens with zero attached hydrogens (tertiary/aromatic N) is 2. The molecule has 27 heavy (non-hydrogen) atoms. The third-order valence-corrected chi connectivity index (χ3v) is 3.77. The SMILES string of the molecule is CC(C)(C)OC(=O)COc1ccc(CN2C(=O)c3ccccc3C2=O)nc1. The predicted molar refractivity (Wildman–Crippen MR) is 96.2 cm³/mol. The monoisotopic (exact) mass is 368 g/mol. The molecule has 7 heteroatoms. The van der Waals surface area contributed by atoms with E-state index < -0.39 is 11.6 Å². The average molecular weight is 368 g/mol. The van der Waals surface area contributed by atoms with Crippen LogP contribution in [0.1, 0.15) is 47.2 Å². The summed E-state index contributed by atoms with van der Waals surface area (Å²) in [6.07, 6.45) is 1.44. The van der Waals surface area contributed by atoms with Gasteiger partial charge in [0.05, 0.1) is 29.6 Å². The van der Waals surface area contributed by atoms with Crippen LogP contribution < -0.4 is 4.74 Å². The first-order chi connectivity index (χ1) is 12.7. The molecule has 0 unspecified atom stereocenters. The van der Waals surface area contributed by atoms with Crippen LogP contribution in [0.2, 0.25) is 0 Å². The van der Waals surface area contributed by atoms with Crippen molar-refractivity contribution in [2.75, 3.05) is 6.61 Å². The van der Waals surface area contributed by atoms with Gasteiger partial charge >= 0.3 is 5.97 Å². The first kappa shape index (κ1) is 18.6. The van der Waals surface area contributed by atoms with Crippen LogP contribution in [0.4, 0.5) is 0 Å². The van der Waals surface area contributed by atoms with E-state index >= 15 is 0 Å². The van der Waals surface area contributed by atoms with Gasteiger partial charge in [0.25, 0.3) is 11.8 Å². The largest absolute Gasteiger partial charge is 0.480 e. The van der Waals surface area contributed by atoms with Crippen molar-refractivity contribution in [2.45, 2.75) is 32.9 Å². The van der Waals surface area contributed by atoms with Gasteiger partial charge in [-0.25, -0.2) is 4.79 Å². The Morgan fingerprint density at radius 2 is 1.67 bits per heavy atom. The van der Waals surface area contributed by atoms with E-state index in [9.17, 15) is 14.4 Å². The summed E-state index contributed by atoms with van der Waals surface area (Å²) in [6.45, 7) is 5.18. The Labute approximate surface area is 156 Å². The van der Waals surface area contributed by atoms with Crippen molar-refractivity contribution in [1.29, 1.82) is 0 Å². The second kappa shape index (κ2) is 7.19. The number of aromatic nitrogens is 1. The Morgan fingerprint density at radius 3 is 2.19 bits per heavy atom. The molecule has 1 aliphatic rings. The lowest BCUT2D eigenvalue weighted by Gasteiger charge is -2.19. The van der Waals surface area contributed by atoms with Gasteiger partial charge in [-0.2, -0.15) is 0 Å². The van der Waals surface area contributed by atoms with Crippen molar-refractivity contribution in [2.24, 2.45) is 0 Å². The first-order valence-electron chi connectivity index (χ1n) is 8.49. The predicted octanol–water partition coefficient (Wildman–Crippen LogP) is 2.60. The van der Waals surface area contributed by atoms with Crippen LogP contribution in [0.25, 0.3) is 0 Å². The second-order valence-corrected chi connectivity index (χ2v) is 7.10. The molecule has 0 N–H and O–H groups in total. The molecule has 1 aromatic heterocycles. The van der Waals surface area contributed by atoms with Crippen LogP contribution in [0.15, 0.2) is 42.6 Å². The Morgan fingerprint density at radius 1 is 1.04 bits per heavy atom. The summed E-state index contributed by atoms with van der Waals surface area (Å²) in [5, 5.41) is 0. The van der Waals surface area contributed by atoms with E-state index in [1.54, 1.807) is 57.2 Å². The number of carbonyl (C=O) groups excluding carboxylic acids is 3. The van der Waals surface area contributed by atoms with Gasteiger partial charge in [0.1, 0.15) is 11.4 Å². The van der Waals surface area contributed by atoms with E-state index in [0.29, 0.717) is 22.6 Å². The molecule has 0 radical (unpaired) electrons. The summed E-state index contributed by atoms with van der Waals surface area (Å²) in [7, 11) is 0. The highest BCUT2D eigenvalue weighted by Crippen LogP contribution is 2.24. The molecule has 0 saturated heterocycles. The highest BCUT2D eigenvalue weighted by Gasteiger charge is 2.35. The zero-order valence-corrected chi connectivity index (χ0v) is 15.4. The molecule has 0 spiro atoms. The Balaban J connectivity index is 1.60. The zero-order valence-electron chi connectivity index (χ0n) is 15.4. The number of pyridine rings is 1. The minimum absolute atomic E-state index is 0.0681. The van der Waals surface area contributed by atoms with Gasteiger partial charge in [-0.1, -0.05) is 12.1 Å². The second-order valence-electron chi connectivity index (χ2n) is 7.10. The van der Waals surface area contributed by atoms with E-state index in [-0.39, 0.29) is 25.0 Å². The van der Waals surface area contributed by atoms with Crippen LogP contribution in [-0.4, -0.2) is 39.9 Å². The number of hydrogen-bond donors (Lipinski definition) is 0. The van der Waals surface area contributed by atoms with Gasteiger partial charge in [0, 0.05) is 0 Å². The Bertz CT molecular complexity index is 849. The molecule has 1 aromatic carbocycles. The van der Waals surface area contributed by atoms with Gasteiger partial charge < -0.3 is 9.47 Å². The highest BCUT2D eigenvalue weighted by atomic mass is 16.6. The van der Waals surface area contributed by atoms with Crippen LogP contribution in [0.5, 0.6) is 5.75 Å². The molecule has 0 fully saturated rings. The summed E-state index contributed by atoms with van der Waals surface area (Å²) in [5.74, 6) is -0.741. The number of carbonyl (C=O) groups is 3. The lowest BCUT2D eigenvalue weighted by Crippen LogP contribution is -2.29. The van der Waals surface area contributed by atoms with Crippen LogP contribution in [-0.2, 0) is 16.1 Å². The lowest BCUT2D eigenvalue weighted by molar-refractivity contribution is -0.157. The molecule has 0 bridgehead atoms. The number of hydrogen-bond acceptors (Lipinski definition) is 6. The number of ether oxygens (including phenoxy) is 2. The van der Waals surface area contributed by atoms with Gasteiger partial charge in [-0.15, -0.1) is 0 Å². The fourth-order valence-corrected chi connectivity index (χ4v) is 2.65. The molecular weight excluding hydrogens is 348 g/mol. The van der Waals surface area contributed by atoms with Crippen molar-refractivity contribution in [3.05, 3.63) is 59.4 Å². The van der Waals surface area contributed by atoms with Gasteiger partial charge in [-0.3, -0.25) is 19.5 Å². The smallest absolute Gasteiger partial charge is 0.344 e. The van der Waals surface area contributed by atoms with E-state index in [4.69, 9.17) is 9.47 Å². The zero-order chi connectivity index (χ0) is 19.6. The minimum atomic E-state index is -0.574. The maximum absolute atomic E-state index is 12.4. The summed E-state index contributed by atoms with van der Waals surface area (Å²) in [6, 6.07) is 10.00. The molecule has 7 nitrogen and oxygen atoms in total. The van der Waals surface area contributed by atoms with E-state index in [2.05, 4.69) is 4.98 Å². The van der Waals surface area contributed by atoms with Gasteiger partial charge in [-0.05, 0) is 45.0 Å². The topological polar surface area (TPSA) is 85.8 Å². The number of imide groups is 1. The lowest BCUT2D eigenvalue weighted by atomic mass is 10.1. The molecule has 2 heterocycles. The molecule has 2 amide bonds. The molecule has 3 rings (SSSR count). The fraction of sp³-hybridized carbons (Fsp3) is 0.300. The minimum Gasteiger partial charge on any atom is -0.480 e. The number of benzene rings is 1. The molecule has 1 aliphatic heterocycles. The van der Waals surface area contributed by atoms with Crippen molar-refractivity contribution in [3.8, 4) is 5.75 Å². The molecule has 0 atom stereocenters. The fourth-order valence-electron chi connectivity index (χ4n) is 2.65. The molecule has 0 saturated carbocycles. The number of fused-ring (bicyclic) bond motifs is 1. The normalized spacial score (nSPS) is 13.5. The van der Waals surface area contributed by atoms with E-state index in [1.807, 2.05) is 0 Å². The summed E-state index contributed by atoms with van der Waals surface area (Å²) < 4.78 is 10.5. The standard InChI is InChI=1S/C20H20N2O5/c1-20(2,3)27-17(23)12-26-14-9-8-13(21-10-14)11-22-18(24)15-6-4-5-7-16(15)19(22)25/h4-10H,11-12H2,1-3H3. The maximum atomic E-state index is 12.4. The molecule has 2 aromatic rings. The third-order valence-electron chi connectivity index (χ3n) is 3.77. The number of rotatable bonds is 5. The quantitative estimate of drug-likeness (QED) is 0.596. The summed E-state index contributed by atoms with van der Waals surface area (Å²) in [5.41, 5.74) is 0.767. The van der Waals surface area contributed by atoms with Crippen molar-refractivity contribution in [3.63, 3.8) is 0 Å². The van der Waals surface area contributed by atoms with Crippen molar-refractivity contribution in [1.82, 2.24) is 9.88 Å². The van der Waals surface area contributed by atoms with E-state index in [1.165, 1.54) is 6.20 Å². The van der Waals surface area contributed by atoms with Crippen LogP contribution in [0.3, 0.4) is 0 Å². The summed E-state index contributed by atoms with van der Waals surface area (Å²) >= 11 is 0. The van der Waals surface area contributed by atoms with Crippen molar-refractivity contribution < 1.29 is 23.9 Å². The average Bonchev–Trinajstić information content (AvgIpc) is 2.85. The van der Waals surface area contributed by atoms with Crippen LogP contribution >= 0.6 is 0 Å². The Hall–Kier alpha value is -3.22. The van der Waals surface area contributed by atoms with Gasteiger partial charge in [0.15, 0.2) is 6.61 Å². The Kier molecular flexibility index (Phi) is 4.94. The first-order valence-corrected chi connectivity index (χ1v) is 8.49. The number of amides is 2. The number of esters is 1. The molecular formula is C20H20N2O5. The molecule has 0 aliphatic carbocycles. The third kappa shape index (κ3) is 4.31. The van der Waals surface area contributed by atoms with E-state index in [0.717, 1.165) is 4.90 Å². The van der Waals surface area contributed by atoms with Crippen molar-refractivity contribution >= 4 is 17.8 Å². The summed E-state index contributed by atoms with van der Waals surface area (Å²) in [4.78, 5) is 41.8. The van der Waals surface area contributed by atoms with Gasteiger partial charge in [0.2, 0.25) is 0 Å². The maximum Gasteiger partial charge on any atom is 0.344 e.